The number of methoxy groups -OCH3 is 1. The van der Waals surface area contributed by atoms with Crippen LogP contribution in [0.5, 0.6) is 5.75 Å². The highest BCUT2D eigenvalue weighted by Crippen LogP contribution is 2.24. The molecular weight excluding hydrogens is 370 g/mol. The van der Waals surface area contributed by atoms with Crippen molar-refractivity contribution in [2.24, 2.45) is 0 Å². The van der Waals surface area contributed by atoms with Gasteiger partial charge in [0, 0.05) is 24.4 Å². The standard InChI is InChI=1S/C21H21N5O3/c1-13-22-18(21(28)26-17-9-4-5-10-19(17)29-3)12-20(23-13)25-16-8-6-7-15(11-16)24-14(2)27/h4-12H,1-3H3,(H,24,27)(H,26,28)(H,22,23,25). The van der Waals surface area contributed by atoms with Crippen LogP contribution < -0.4 is 20.7 Å². The van der Waals surface area contributed by atoms with Crippen LogP contribution in [0.1, 0.15) is 23.2 Å². The number of nitrogens with one attached hydrogen (secondary N) is 3. The third-order valence-electron chi connectivity index (χ3n) is 3.88. The average molecular weight is 391 g/mol. The fraction of sp³-hybridized carbons (Fsp3) is 0.143. The van der Waals surface area contributed by atoms with E-state index in [0.717, 1.165) is 0 Å². The lowest BCUT2D eigenvalue weighted by Crippen LogP contribution is -2.16. The van der Waals surface area contributed by atoms with Crippen molar-refractivity contribution in [2.45, 2.75) is 13.8 Å². The third kappa shape index (κ3) is 5.29. The molecule has 0 aliphatic carbocycles. The number of carbonyl (C=O) groups excluding carboxylic acids is 2. The number of anilines is 4. The lowest BCUT2D eigenvalue weighted by molar-refractivity contribution is -0.114. The minimum absolute atomic E-state index is 0.157. The van der Waals surface area contributed by atoms with Gasteiger partial charge >= 0.3 is 0 Å². The number of para-hydroxylation sites is 2. The van der Waals surface area contributed by atoms with Gasteiger partial charge in [-0.2, -0.15) is 0 Å². The first-order chi connectivity index (χ1) is 13.9. The maximum atomic E-state index is 12.7. The quantitative estimate of drug-likeness (QED) is 0.591. The van der Waals surface area contributed by atoms with Crippen LogP contribution in [0.4, 0.5) is 22.9 Å². The predicted octanol–water partition coefficient (Wildman–Crippen LogP) is 3.75. The molecule has 0 unspecified atom stereocenters. The summed E-state index contributed by atoms with van der Waals surface area (Å²) in [4.78, 5) is 32.5. The topological polar surface area (TPSA) is 105 Å². The van der Waals surface area contributed by atoms with Gasteiger partial charge in [-0.15, -0.1) is 0 Å². The molecule has 0 radical (unpaired) electrons. The highest BCUT2D eigenvalue weighted by Gasteiger charge is 2.13. The van der Waals surface area contributed by atoms with Gasteiger partial charge in [-0.25, -0.2) is 9.97 Å². The fourth-order valence-electron chi connectivity index (χ4n) is 2.71. The third-order valence-corrected chi connectivity index (χ3v) is 3.88. The van der Waals surface area contributed by atoms with Crippen LogP contribution in [0.2, 0.25) is 0 Å². The normalized spacial score (nSPS) is 10.2. The second-order valence-corrected chi connectivity index (χ2v) is 6.23. The molecule has 2 aromatic carbocycles. The molecule has 8 heteroatoms. The Morgan fingerprint density at radius 1 is 0.931 bits per heavy atom. The number of aromatic nitrogens is 2. The Morgan fingerprint density at radius 2 is 1.69 bits per heavy atom. The van der Waals surface area contributed by atoms with Crippen LogP contribution in [-0.2, 0) is 4.79 Å². The number of rotatable bonds is 6. The molecule has 8 nitrogen and oxygen atoms in total. The van der Waals surface area contributed by atoms with E-state index in [1.165, 1.54) is 14.0 Å². The van der Waals surface area contributed by atoms with E-state index in [2.05, 4.69) is 25.9 Å². The van der Waals surface area contributed by atoms with Gasteiger partial charge in [0.05, 0.1) is 12.8 Å². The minimum atomic E-state index is -0.380. The Morgan fingerprint density at radius 3 is 2.45 bits per heavy atom. The molecule has 2 amide bonds. The van der Waals surface area contributed by atoms with E-state index in [1.807, 2.05) is 12.1 Å². The van der Waals surface area contributed by atoms with Crippen LogP contribution in [0, 0.1) is 6.92 Å². The zero-order valence-corrected chi connectivity index (χ0v) is 16.3. The van der Waals surface area contributed by atoms with Crippen LogP contribution in [0.3, 0.4) is 0 Å². The summed E-state index contributed by atoms with van der Waals surface area (Å²) in [6.45, 7) is 3.15. The van der Waals surface area contributed by atoms with Gasteiger partial charge in [-0.05, 0) is 37.3 Å². The van der Waals surface area contributed by atoms with Crippen molar-refractivity contribution in [3.63, 3.8) is 0 Å². The molecule has 1 heterocycles. The van der Waals surface area contributed by atoms with Gasteiger partial charge in [-0.3, -0.25) is 9.59 Å². The monoisotopic (exact) mass is 391 g/mol. The number of ether oxygens (including phenoxy) is 1. The molecule has 0 spiro atoms. The molecule has 3 N–H and O–H groups in total. The Hall–Kier alpha value is -3.94. The van der Waals surface area contributed by atoms with Crippen LogP contribution in [-0.4, -0.2) is 28.9 Å². The second-order valence-electron chi connectivity index (χ2n) is 6.23. The number of benzene rings is 2. The summed E-state index contributed by atoms with van der Waals surface area (Å²) < 4.78 is 5.26. The van der Waals surface area contributed by atoms with E-state index >= 15 is 0 Å². The van der Waals surface area contributed by atoms with E-state index in [4.69, 9.17) is 4.74 Å². The van der Waals surface area contributed by atoms with Crippen molar-refractivity contribution in [2.75, 3.05) is 23.1 Å². The molecule has 0 aliphatic rings. The first-order valence-corrected chi connectivity index (χ1v) is 8.89. The molecule has 29 heavy (non-hydrogen) atoms. The van der Waals surface area contributed by atoms with Gasteiger partial charge < -0.3 is 20.7 Å². The van der Waals surface area contributed by atoms with Crippen molar-refractivity contribution >= 4 is 34.7 Å². The average Bonchev–Trinajstić information content (AvgIpc) is 2.67. The van der Waals surface area contributed by atoms with Crippen molar-refractivity contribution in [1.29, 1.82) is 0 Å². The molecule has 0 aliphatic heterocycles. The first kappa shape index (κ1) is 19.8. The lowest BCUT2D eigenvalue weighted by atomic mass is 10.2. The minimum Gasteiger partial charge on any atom is -0.495 e. The SMILES string of the molecule is COc1ccccc1NC(=O)c1cc(Nc2cccc(NC(C)=O)c2)nc(C)n1. The molecule has 0 fully saturated rings. The largest absolute Gasteiger partial charge is 0.495 e. The molecule has 0 saturated carbocycles. The predicted molar refractivity (Wildman–Crippen MR) is 112 cm³/mol. The summed E-state index contributed by atoms with van der Waals surface area (Å²) in [6.07, 6.45) is 0. The van der Waals surface area contributed by atoms with E-state index in [0.29, 0.717) is 34.5 Å². The van der Waals surface area contributed by atoms with E-state index in [9.17, 15) is 9.59 Å². The summed E-state index contributed by atoms with van der Waals surface area (Å²) >= 11 is 0. The maximum Gasteiger partial charge on any atom is 0.274 e. The molecule has 3 rings (SSSR count). The summed E-state index contributed by atoms with van der Waals surface area (Å²) in [5.74, 6) is 0.922. The van der Waals surface area contributed by atoms with Gasteiger partial charge in [0.15, 0.2) is 0 Å². The van der Waals surface area contributed by atoms with Gasteiger partial charge in [0.2, 0.25) is 5.91 Å². The van der Waals surface area contributed by atoms with Gasteiger partial charge in [0.1, 0.15) is 23.1 Å². The number of hydrogen-bond donors (Lipinski definition) is 3. The Bertz CT molecular complexity index is 1050. The van der Waals surface area contributed by atoms with Crippen LogP contribution in [0.15, 0.2) is 54.6 Å². The van der Waals surface area contributed by atoms with Crippen molar-refractivity contribution < 1.29 is 14.3 Å². The smallest absolute Gasteiger partial charge is 0.274 e. The van der Waals surface area contributed by atoms with E-state index < -0.39 is 0 Å². The van der Waals surface area contributed by atoms with Crippen molar-refractivity contribution in [3.8, 4) is 5.75 Å². The number of nitrogens with zero attached hydrogens (tertiary/aromatic N) is 2. The Labute approximate surface area is 168 Å². The van der Waals surface area contributed by atoms with Gasteiger partial charge in [-0.1, -0.05) is 18.2 Å². The Balaban J connectivity index is 1.81. The zero-order valence-electron chi connectivity index (χ0n) is 16.3. The zero-order chi connectivity index (χ0) is 20.8. The van der Waals surface area contributed by atoms with Crippen molar-refractivity contribution in [1.82, 2.24) is 9.97 Å². The highest BCUT2D eigenvalue weighted by molar-refractivity contribution is 6.04. The highest BCUT2D eigenvalue weighted by atomic mass is 16.5. The summed E-state index contributed by atoms with van der Waals surface area (Å²) in [5.41, 5.74) is 2.13. The maximum absolute atomic E-state index is 12.7. The summed E-state index contributed by atoms with van der Waals surface area (Å²) in [7, 11) is 1.54. The molecule has 1 aromatic heterocycles. The number of aryl methyl sites for hydroxylation is 1. The molecule has 148 valence electrons. The molecular formula is C21H21N5O3. The molecule has 0 bridgehead atoms. The van der Waals surface area contributed by atoms with Crippen LogP contribution in [0.25, 0.3) is 0 Å². The summed E-state index contributed by atoms with van der Waals surface area (Å²) in [5, 5.41) is 8.65. The van der Waals surface area contributed by atoms with E-state index in [-0.39, 0.29) is 17.5 Å². The second kappa shape index (κ2) is 8.83. The number of hydrogen-bond acceptors (Lipinski definition) is 6. The lowest BCUT2D eigenvalue weighted by Gasteiger charge is -2.12. The fourth-order valence-corrected chi connectivity index (χ4v) is 2.71. The molecule has 3 aromatic rings. The van der Waals surface area contributed by atoms with Crippen LogP contribution >= 0.6 is 0 Å². The molecule has 0 atom stereocenters. The van der Waals surface area contributed by atoms with Crippen molar-refractivity contribution in [3.05, 3.63) is 66.1 Å². The van der Waals surface area contributed by atoms with Gasteiger partial charge in [0.25, 0.3) is 5.91 Å². The first-order valence-electron chi connectivity index (χ1n) is 8.89. The molecule has 0 saturated heterocycles. The number of carbonyl (C=O) groups is 2. The Kier molecular flexibility index (Phi) is 6.03. The van der Waals surface area contributed by atoms with E-state index in [1.54, 1.807) is 49.4 Å². The summed E-state index contributed by atoms with van der Waals surface area (Å²) in [6, 6.07) is 15.9. The number of amides is 2.